The SMILES string of the molecule is O=C(O)c1c[c-]cc(C(=O)O)c1OCCCS(=O)(=O)O.[Na+]. The zero-order valence-electron chi connectivity index (χ0n) is 11.1. The number of hydrogen-bond donors (Lipinski definition) is 3. The Hall–Kier alpha value is -1.13. The number of hydrogen-bond acceptors (Lipinski definition) is 5. The summed E-state index contributed by atoms with van der Waals surface area (Å²) in [6.45, 7) is -0.260. The van der Waals surface area contributed by atoms with Crippen LogP contribution in [0, 0.1) is 6.07 Å². The monoisotopic (exact) mass is 326 g/mol. The Morgan fingerprint density at radius 2 is 1.62 bits per heavy atom. The Morgan fingerprint density at radius 3 is 2.00 bits per heavy atom. The summed E-state index contributed by atoms with van der Waals surface area (Å²) in [5.41, 5.74) is -0.784. The van der Waals surface area contributed by atoms with Crippen LogP contribution in [0.15, 0.2) is 12.1 Å². The molecule has 1 rings (SSSR count). The van der Waals surface area contributed by atoms with Crippen LogP contribution in [0.5, 0.6) is 5.75 Å². The summed E-state index contributed by atoms with van der Waals surface area (Å²) in [4.78, 5) is 21.9. The number of rotatable bonds is 7. The largest absolute Gasteiger partial charge is 1.00 e. The van der Waals surface area contributed by atoms with Gasteiger partial charge in [-0.1, -0.05) is 0 Å². The molecule has 0 unspecified atom stereocenters. The number of carboxylic acid groups (broad SMARTS) is 2. The molecule has 0 radical (unpaired) electrons. The first-order valence-corrected chi connectivity index (χ1v) is 6.92. The molecule has 0 aliphatic carbocycles. The van der Waals surface area contributed by atoms with Crippen LogP contribution in [-0.2, 0) is 10.1 Å². The molecule has 10 heteroatoms. The Balaban J connectivity index is 0.00000400. The van der Waals surface area contributed by atoms with Crippen LogP contribution in [-0.4, -0.2) is 47.5 Å². The van der Waals surface area contributed by atoms with Gasteiger partial charge in [-0.15, -0.1) is 0 Å². The van der Waals surface area contributed by atoms with Crippen LogP contribution in [0.25, 0.3) is 0 Å². The molecule has 0 amide bonds. The van der Waals surface area contributed by atoms with Crippen molar-refractivity contribution < 1.29 is 67.1 Å². The van der Waals surface area contributed by atoms with E-state index in [4.69, 9.17) is 19.5 Å². The Bertz CT molecular complexity index is 593. The van der Waals surface area contributed by atoms with E-state index in [0.717, 1.165) is 12.1 Å². The maximum atomic E-state index is 11.0. The Kier molecular flexibility index (Phi) is 7.90. The average molecular weight is 326 g/mol. The smallest absolute Gasteiger partial charge is 0.517 e. The fraction of sp³-hybridized carbons (Fsp3) is 0.273. The topological polar surface area (TPSA) is 138 Å². The van der Waals surface area contributed by atoms with Crippen molar-refractivity contribution in [2.24, 2.45) is 0 Å². The Morgan fingerprint density at radius 1 is 1.14 bits per heavy atom. The van der Waals surface area contributed by atoms with Gasteiger partial charge in [-0.25, -0.2) is 0 Å². The average Bonchev–Trinajstić information content (AvgIpc) is 2.32. The van der Waals surface area contributed by atoms with E-state index >= 15 is 0 Å². The molecule has 0 aliphatic rings. The molecule has 1 aromatic rings. The van der Waals surface area contributed by atoms with Gasteiger partial charge < -0.3 is 14.9 Å². The van der Waals surface area contributed by atoms with Gasteiger partial charge in [0.25, 0.3) is 22.1 Å². The first-order valence-electron chi connectivity index (χ1n) is 5.31. The summed E-state index contributed by atoms with van der Waals surface area (Å²) in [5.74, 6) is -3.74. The van der Waals surface area contributed by atoms with Crippen LogP contribution in [0.4, 0.5) is 0 Å². The van der Waals surface area contributed by atoms with E-state index in [2.05, 4.69) is 6.07 Å². The molecule has 8 nitrogen and oxygen atoms in total. The fourth-order valence-electron chi connectivity index (χ4n) is 1.37. The second kappa shape index (κ2) is 8.35. The molecular formula is C11H11NaO8S. The van der Waals surface area contributed by atoms with E-state index in [9.17, 15) is 18.0 Å². The molecule has 110 valence electrons. The van der Waals surface area contributed by atoms with E-state index in [1.165, 1.54) is 0 Å². The van der Waals surface area contributed by atoms with Crippen molar-refractivity contribution in [1.82, 2.24) is 0 Å². The molecule has 0 aliphatic heterocycles. The molecule has 0 atom stereocenters. The number of carbonyl (C=O) groups is 2. The number of aromatic carboxylic acids is 2. The molecule has 0 heterocycles. The van der Waals surface area contributed by atoms with Crippen molar-refractivity contribution in [3.63, 3.8) is 0 Å². The molecule has 0 bridgehead atoms. The van der Waals surface area contributed by atoms with Crippen LogP contribution in [0.1, 0.15) is 27.1 Å². The van der Waals surface area contributed by atoms with Gasteiger partial charge in [-0.2, -0.15) is 26.6 Å². The quantitative estimate of drug-likeness (QED) is 0.217. The second-order valence-electron chi connectivity index (χ2n) is 3.71. The first kappa shape index (κ1) is 19.9. The predicted molar refractivity (Wildman–Crippen MR) is 65.7 cm³/mol. The zero-order valence-corrected chi connectivity index (χ0v) is 13.9. The van der Waals surface area contributed by atoms with Gasteiger partial charge in [0.1, 0.15) is 0 Å². The van der Waals surface area contributed by atoms with Crippen molar-refractivity contribution in [2.45, 2.75) is 6.42 Å². The van der Waals surface area contributed by atoms with Gasteiger partial charge in [0.15, 0.2) is 0 Å². The normalized spacial score (nSPS) is 10.5. The molecule has 0 aromatic heterocycles. The molecule has 0 fully saturated rings. The second-order valence-corrected chi connectivity index (χ2v) is 5.28. The van der Waals surface area contributed by atoms with E-state index in [1.807, 2.05) is 0 Å². The van der Waals surface area contributed by atoms with E-state index < -0.39 is 38.9 Å². The molecule has 0 saturated carbocycles. The molecule has 0 saturated heterocycles. The van der Waals surface area contributed by atoms with E-state index in [1.54, 1.807) is 0 Å². The third-order valence-corrected chi connectivity index (χ3v) is 3.00. The third-order valence-electron chi connectivity index (χ3n) is 2.20. The van der Waals surface area contributed by atoms with Crippen LogP contribution < -0.4 is 34.3 Å². The van der Waals surface area contributed by atoms with Crippen LogP contribution in [0.3, 0.4) is 0 Å². The molecular weight excluding hydrogens is 315 g/mol. The van der Waals surface area contributed by atoms with Crippen molar-refractivity contribution in [1.29, 1.82) is 0 Å². The fourth-order valence-corrected chi connectivity index (χ4v) is 1.86. The maximum absolute atomic E-state index is 11.0. The molecule has 21 heavy (non-hydrogen) atoms. The number of carboxylic acids is 2. The number of benzene rings is 1. The summed E-state index contributed by atoms with van der Waals surface area (Å²) in [7, 11) is -4.15. The van der Waals surface area contributed by atoms with Crippen molar-refractivity contribution in [3.05, 3.63) is 29.3 Å². The van der Waals surface area contributed by atoms with Gasteiger partial charge in [-0.3, -0.25) is 14.1 Å². The summed E-state index contributed by atoms with van der Waals surface area (Å²) in [5, 5.41) is 17.9. The van der Waals surface area contributed by atoms with E-state index in [-0.39, 0.29) is 48.3 Å². The van der Waals surface area contributed by atoms with Crippen LogP contribution in [0.2, 0.25) is 0 Å². The van der Waals surface area contributed by atoms with E-state index in [0.29, 0.717) is 0 Å². The summed E-state index contributed by atoms with van der Waals surface area (Å²) >= 11 is 0. The van der Waals surface area contributed by atoms with Gasteiger partial charge in [-0.05, 0) is 17.5 Å². The molecule has 1 aromatic carbocycles. The van der Waals surface area contributed by atoms with Gasteiger partial charge >= 0.3 is 29.6 Å². The Labute approximate surface area is 142 Å². The van der Waals surface area contributed by atoms with Crippen molar-refractivity contribution in [2.75, 3.05) is 12.4 Å². The first-order chi connectivity index (χ1) is 9.22. The predicted octanol–water partition coefficient (Wildman–Crippen LogP) is -2.46. The third kappa shape index (κ3) is 6.44. The summed E-state index contributed by atoms with van der Waals surface area (Å²) < 4.78 is 34.6. The minimum atomic E-state index is -4.15. The van der Waals surface area contributed by atoms with Crippen molar-refractivity contribution >= 4 is 22.1 Å². The van der Waals surface area contributed by atoms with Gasteiger partial charge in [0, 0.05) is 5.75 Å². The zero-order chi connectivity index (χ0) is 15.3. The van der Waals surface area contributed by atoms with Crippen LogP contribution >= 0.6 is 0 Å². The van der Waals surface area contributed by atoms with Gasteiger partial charge in [0.05, 0.1) is 12.4 Å². The van der Waals surface area contributed by atoms with Gasteiger partial charge in [0.2, 0.25) is 0 Å². The maximum Gasteiger partial charge on any atom is 1.00 e. The number of ether oxygens (including phenoxy) is 1. The van der Waals surface area contributed by atoms with Crippen molar-refractivity contribution in [3.8, 4) is 5.75 Å². The summed E-state index contributed by atoms with van der Waals surface area (Å²) in [6.07, 6.45) is -0.116. The minimum absolute atomic E-state index is 0. The molecule has 0 spiro atoms. The summed E-state index contributed by atoms with van der Waals surface area (Å²) in [6, 6.07) is 4.47. The minimum Gasteiger partial charge on any atom is -0.517 e. The standard InChI is InChI=1S/C11H11O8S.Na/c12-10(13)7-3-1-4-8(11(14)15)9(7)19-5-2-6-20(16,17)18;/h3-4H,2,5-6H2,(H,12,13)(H,14,15)(H,16,17,18);/q-1;+1. The molecule has 3 N–H and O–H groups in total.